The van der Waals surface area contributed by atoms with Gasteiger partial charge in [-0.3, -0.25) is 4.79 Å². The molecule has 0 aliphatic rings. The summed E-state index contributed by atoms with van der Waals surface area (Å²) in [5.41, 5.74) is 0.622. The number of unbranched alkanes of at least 4 members (excludes halogenated alkanes) is 1. The predicted molar refractivity (Wildman–Crippen MR) is 84.5 cm³/mol. The van der Waals surface area contributed by atoms with E-state index in [4.69, 9.17) is 0 Å². The number of halogens is 2. The molecule has 0 spiro atoms. The lowest BCUT2D eigenvalue weighted by molar-refractivity contribution is 0.102. The SMILES string of the molecule is CCCCNc1nc(C)cc(C(=O)Nc2ccc(F)cc2F)n1. The third-order valence-electron chi connectivity index (χ3n) is 3.08. The lowest BCUT2D eigenvalue weighted by atomic mass is 10.2. The summed E-state index contributed by atoms with van der Waals surface area (Å²) in [4.78, 5) is 20.5. The lowest BCUT2D eigenvalue weighted by Crippen LogP contribution is -2.17. The molecule has 0 saturated carbocycles. The summed E-state index contributed by atoms with van der Waals surface area (Å²) in [5, 5.41) is 5.42. The summed E-state index contributed by atoms with van der Waals surface area (Å²) in [6.45, 7) is 4.50. The van der Waals surface area contributed by atoms with Crippen molar-refractivity contribution < 1.29 is 13.6 Å². The highest BCUT2D eigenvalue weighted by Gasteiger charge is 2.13. The molecule has 0 aliphatic carbocycles. The minimum absolute atomic E-state index is 0.104. The summed E-state index contributed by atoms with van der Waals surface area (Å²) in [5.74, 6) is -1.78. The van der Waals surface area contributed by atoms with Gasteiger partial charge in [0.1, 0.15) is 17.3 Å². The third kappa shape index (κ3) is 4.70. The average molecular weight is 320 g/mol. The first-order valence-electron chi connectivity index (χ1n) is 7.35. The molecule has 0 bridgehead atoms. The molecule has 0 aliphatic heterocycles. The number of carbonyl (C=O) groups is 1. The van der Waals surface area contributed by atoms with Crippen LogP contribution in [0.5, 0.6) is 0 Å². The van der Waals surface area contributed by atoms with Crippen LogP contribution in [0, 0.1) is 18.6 Å². The van der Waals surface area contributed by atoms with E-state index in [1.54, 1.807) is 6.92 Å². The first-order chi connectivity index (χ1) is 11.0. The standard InChI is InChI=1S/C16H18F2N4O/c1-3-4-7-19-16-20-10(2)8-14(22-16)15(23)21-13-6-5-11(17)9-12(13)18/h5-6,8-9H,3-4,7H2,1-2H3,(H,21,23)(H,19,20,22). The number of hydrogen-bond acceptors (Lipinski definition) is 4. The number of carbonyl (C=O) groups excluding carboxylic acids is 1. The Bertz CT molecular complexity index is 706. The van der Waals surface area contributed by atoms with Crippen LogP contribution >= 0.6 is 0 Å². The molecule has 2 rings (SSSR count). The number of amides is 1. The zero-order chi connectivity index (χ0) is 16.8. The third-order valence-corrected chi connectivity index (χ3v) is 3.08. The van der Waals surface area contributed by atoms with Crippen LogP contribution in [0.3, 0.4) is 0 Å². The Morgan fingerprint density at radius 3 is 2.70 bits per heavy atom. The summed E-state index contributed by atoms with van der Waals surface area (Å²) in [6, 6.07) is 4.44. The fraction of sp³-hybridized carbons (Fsp3) is 0.312. The molecule has 5 nitrogen and oxygen atoms in total. The molecule has 2 aromatic rings. The largest absolute Gasteiger partial charge is 0.354 e. The second-order valence-electron chi connectivity index (χ2n) is 5.08. The van der Waals surface area contributed by atoms with E-state index in [-0.39, 0.29) is 11.4 Å². The molecule has 0 unspecified atom stereocenters. The highest BCUT2D eigenvalue weighted by molar-refractivity contribution is 6.03. The average Bonchev–Trinajstić information content (AvgIpc) is 2.50. The van der Waals surface area contributed by atoms with Crippen molar-refractivity contribution in [3.63, 3.8) is 0 Å². The number of nitrogens with one attached hydrogen (secondary N) is 2. The molecule has 0 radical (unpaired) electrons. The normalized spacial score (nSPS) is 10.4. The monoisotopic (exact) mass is 320 g/mol. The van der Waals surface area contributed by atoms with Gasteiger partial charge in [-0.1, -0.05) is 13.3 Å². The van der Waals surface area contributed by atoms with Gasteiger partial charge in [0.25, 0.3) is 5.91 Å². The Kier molecular flexibility index (Phi) is 5.56. The topological polar surface area (TPSA) is 66.9 Å². The Morgan fingerprint density at radius 1 is 1.22 bits per heavy atom. The van der Waals surface area contributed by atoms with Crippen LogP contribution in [-0.4, -0.2) is 22.4 Å². The van der Waals surface area contributed by atoms with Gasteiger partial charge in [-0.15, -0.1) is 0 Å². The molecule has 0 saturated heterocycles. The maximum atomic E-state index is 13.6. The minimum atomic E-state index is -0.842. The molecule has 122 valence electrons. The molecule has 23 heavy (non-hydrogen) atoms. The van der Waals surface area contributed by atoms with Crippen LogP contribution < -0.4 is 10.6 Å². The van der Waals surface area contributed by atoms with Gasteiger partial charge in [-0.05, 0) is 31.5 Å². The molecular weight excluding hydrogens is 302 g/mol. The van der Waals surface area contributed by atoms with Crippen LogP contribution in [0.4, 0.5) is 20.4 Å². The van der Waals surface area contributed by atoms with Crippen molar-refractivity contribution in [2.24, 2.45) is 0 Å². The van der Waals surface area contributed by atoms with Crippen LogP contribution in [0.2, 0.25) is 0 Å². The fourth-order valence-corrected chi connectivity index (χ4v) is 1.92. The molecule has 2 N–H and O–H groups in total. The number of benzene rings is 1. The molecule has 1 heterocycles. The maximum Gasteiger partial charge on any atom is 0.274 e. The maximum absolute atomic E-state index is 13.6. The number of aryl methyl sites for hydroxylation is 1. The van der Waals surface area contributed by atoms with Crippen LogP contribution in [-0.2, 0) is 0 Å². The molecular formula is C16H18F2N4O. The van der Waals surface area contributed by atoms with E-state index in [2.05, 4.69) is 27.5 Å². The van der Waals surface area contributed by atoms with Crippen molar-refractivity contribution in [3.8, 4) is 0 Å². The molecule has 7 heteroatoms. The van der Waals surface area contributed by atoms with Crippen LogP contribution in [0.15, 0.2) is 24.3 Å². The van der Waals surface area contributed by atoms with E-state index < -0.39 is 17.5 Å². The fourth-order valence-electron chi connectivity index (χ4n) is 1.92. The van der Waals surface area contributed by atoms with E-state index in [0.29, 0.717) is 24.3 Å². The Hall–Kier alpha value is -2.57. The molecule has 1 amide bonds. The zero-order valence-electron chi connectivity index (χ0n) is 13.0. The summed E-state index contributed by atoms with van der Waals surface area (Å²) in [7, 11) is 0. The van der Waals surface area contributed by atoms with E-state index in [0.717, 1.165) is 25.0 Å². The van der Waals surface area contributed by atoms with E-state index >= 15 is 0 Å². The molecule has 1 aromatic heterocycles. The van der Waals surface area contributed by atoms with Crippen molar-refractivity contribution in [1.82, 2.24) is 9.97 Å². The summed E-state index contributed by atoms with van der Waals surface area (Å²) < 4.78 is 26.5. The van der Waals surface area contributed by atoms with Gasteiger partial charge in [0.05, 0.1) is 5.69 Å². The number of aromatic nitrogens is 2. The van der Waals surface area contributed by atoms with Crippen LogP contribution in [0.25, 0.3) is 0 Å². The van der Waals surface area contributed by atoms with Gasteiger partial charge in [0.2, 0.25) is 5.95 Å². The van der Waals surface area contributed by atoms with Crippen molar-refractivity contribution in [1.29, 1.82) is 0 Å². The second-order valence-corrected chi connectivity index (χ2v) is 5.08. The molecule has 0 fully saturated rings. The van der Waals surface area contributed by atoms with Crippen molar-refractivity contribution in [2.75, 3.05) is 17.2 Å². The highest BCUT2D eigenvalue weighted by atomic mass is 19.1. The Labute approximate surface area is 133 Å². The van der Waals surface area contributed by atoms with Crippen LogP contribution in [0.1, 0.15) is 35.9 Å². The molecule has 1 aromatic carbocycles. The van der Waals surface area contributed by atoms with Crippen molar-refractivity contribution in [3.05, 3.63) is 47.3 Å². The Balaban J connectivity index is 2.15. The van der Waals surface area contributed by atoms with E-state index in [1.165, 1.54) is 6.07 Å². The second kappa shape index (κ2) is 7.62. The number of nitrogens with zero attached hydrogens (tertiary/aromatic N) is 2. The van der Waals surface area contributed by atoms with Gasteiger partial charge < -0.3 is 10.6 Å². The van der Waals surface area contributed by atoms with E-state index in [9.17, 15) is 13.6 Å². The first kappa shape index (κ1) is 16.8. The van der Waals surface area contributed by atoms with Gasteiger partial charge in [0.15, 0.2) is 0 Å². The van der Waals surface area contributed by atoms with Crippen molar-refractivity contribution in [2.45, 2.75) is 26.7 Å². The predicted octanol–water partition coefficient (Wildman–Crippen LogP) is 3.53. The van der Waals surface area contributed by atoms with Gasteiger partial charge in [-0.25, -0.2) is 18.7 Å². The first-order valence-corrected chi connectivity index (χ1v) is 7.35. The lowest BCUT2D eigenvalue weighted by Gasteiger charge is -2.09. The van der Waals surface area contributed by atoms with Gasteiger partial charge >= 0.3 is 0 Å². The highest BCUT2D eigenvalue weighted by Crippen LogP contribution is 2.16. The summed E-state index contributed by atoms with van der Waals surface area (Å²) >= 11 is 0. The minimum Gasteiger partial charge on any atom is -0.354 e. The molecule has 0 atom stereocenters. The Morgan fingerprint density at radius 2 is 2.00 bits per heavy atom. The number of rotatable bonds is 6. The summed E-state index contributed by atoms with van der Waals surface area (Å²) in [6.07, 6.45) is 1.98. The zero-order valence-corrected chi connectivity index (χ0v) is 13.0. The van der Waals surface area contributed by atoms with E-state index in [1.807, 2.05) is 0 Å². The van der Waals surface area contributed by atoms with Gasteiger partial charge in [-0.2, -0.15) is 0 Å². The number of anilines is 2. The van der Waals surface area contributed by atoms with Gasteiger partial charge in [0, 0.05) is 18.3 Å². The number of hydrogen-bond donors (Lipinski definition) is 2. The van der Waals surface area contributed by atoms with Crippen molar-refractivity contribution >= 4 is 17.5 Å². The smallest absolute Gasteiger partial charge is 0.274 e. The quantitative estimate of drug-likeness (QED) is 0.799.